The summed E-state index contributed by atoms with van der Waals surface area (Å²) in [5.41, 5.74) is 0. The molecule has 2 atom stereocenters. The number of unbranched alkanes of at least 4 members (excludes halogenated alkanes) is 3. The number of carbonyl (C=O) groups excluding carboxylic acids is 1. The van der Waals surface area contributed by atoms with E-state index in [0.29, 0.717) is 12.1 Å². The Balaban J connectivity index is 2.15. The first-order chi connectivity index (χ1) is 9.56. The van der Waals surface area contributed by atoms with Crippen LogP contribution >= 0.6 is 0 Å². The van der Waals surface area contributed by atoms with Crippen molar-refractivity contribution in [1.29, 1.82) is 0 Å². The Morgan fingerprint density at radius 1 is 1.10 bits per heavy atom. The minimum absolute atomic E-state index is 0.209. The van der Waals surface area contributed by atoms with Crippen LogP contribution in [0.3, 0.4) is 0 Å². The average molecular weight is 284 g/mol. The van der Waals surface area contributed by atoms with Gasteiger partial charge in [-0.15, -0.1) is 0 Å². The maximum absolute atomic E-state index is 11.6. The Bertz CT molecular complexity index is 272. The van der Waals surface area contributed by atoms with Crippen LogP contribution in [0.4, 0.5) is 0 Å². The highest BCUT2D eigenvalue weighted by Gasteiger charge is 2.30. The highest BCUT2D eigenvalue weighted by Crippen LogP contribution is 2.16. The summed E-state index contributed by atoms with van der Waals surface area (Å²) in [7, 11) is 0. The second kappa shape index (κ2) is 9.35. The van der Waals surface area contributed by atoms with Crippen molar-refractivity contribution in [3.8, 4) is 0 Å². The van der Waals surface area contributed by atoms with Gasteiger partial charge in [0.2, 0.25) is 5.91 Å². The number of hydrogen-bond acceptors (Lipinski definition) is 3. The third-order valence-corrected chi connectivity index (χ3v) is 4.08. The quantitative estimate of drug-likeness (QED) is 0.642. The smallest absolute Gasteiger partial charge is 0.220 e. The maximum Gasteiger partial charge on any atom is 0.220 e. The summed E-state index contributed by atoms with van der Waals surface area (Å²) >= 11 is 0. The number of carbonyl (C=O) groups is 1. The summed E-state index contributed by atoms with van der Waals surface area (Å²) in [5, 5.41) is 0. The summed E-state index contributed by atoms with van der Waals surface area (Å²) in [4.78, 5) is 16.1. The Kier molecular flexibility index (Phi) is 8.15. The zero-order valence-corrected chi connectivity index (χ0v) is 13.7. The molecule has 0 saturated carbocycles. The van der Waals surface area contributed by atoms with Gasteiger partial charge in [0.1, 0.15) is 0 Å². The average Bonchev–Trinajstić information content (AvgIpc) is 2.36. The van der Waals surface area contributed by atoms with Crippen LogP contribution in [0.25, 0.3) is 0 Å². The fourth-order valence-electron chi connectivity index (χ4n) is 3.27. The molecule has 0 bridgehead atoms. The number of nitrogens with zero attached hydrogens (tertiary/aromatic N) is 2. The van der Waals surface area contributed by atoms with Crippen LogP contribution in [0, 0.1) is 0 Å². The number of hydrogen-bond donors (Lipinski definition) is 0. The molecule has 1 rings (SSSR count). The van der Waals surface area contributed by atoms with Gasteiger partial charge in [0.25, 0.3) is 0 Å². The lowest BCUT2D eigenvalue weighted by molar-refractivity contribution is -0.136. The Hall–Kier alpha value is -0.610. The minimum Gasteiger partial charge on any atom is -0.382 e. The van der Waals surface area contributed by atoms with Crippen molar-refractivity contribution in [2.24, 2.45) is 0 Å². The van der Waals surface area contributed by atoms with E-state index in [2.05, 4.69) is 18.7 Å². The van der Waals surface area contributed by atoms with Gasteiger partial charge in [0, 0.05) is 45.3 Å². The maximum atomic E-state index is 11.6. The van der Waals surface area contributed by atoms with Crippen molar-refractivity contribution in [3.63, 3.8) is 0 Å². The minimum atomic E-state index is 0.209. The van der Waals surface area contributed by atoms with Gasteiger partial charge in [0.05, 0.1) is 0 Å². The van der Waals surface area contributed by atoms with E-state index in [4.69, 9.17) is 4.74 Å². The van der Waals surface area contributed by atoms with Crippen LogP contribution < -0.4 is 0 Å². The Labute approximate surface area is 124 Å². The summed E-state index contributed by atoms with van der Waals surface area (Å²) in [6.07, 6.45) is 4.98. The number of amides is 1. The molecule has 118 valence electrons. The second-order valence-corrected chi connectivity index (χ2v) is 6.00. The van der Waals surface area contributed by atoms with E-state index < -0.39 is 0 Å². The first-order valence-corrected chi connectivity index (χ1v) is 8.15. The topological polar surface area (TPSA) is 32.8 Å². The van der Waals surface area contributed by atoms with E-state index in [-0.39, 0.29) is 5.91 Å². The Morgan fingerprint density at radius 2 is 1.70 bits per heavy atom. The molecule has 0 radical (unpaired) electrons. The largest absolute Gasteiger partial charge is 0.382 e. The number of piperazine rings is 1. The Morgan fingerprint density at radius 3 is 2.25 bits per heavy atom. The van der Waals surface area contributed by atoms with E-state index in [9.17, 15) is 4.79 Å². The highest BCUT2D eigenvalue weighted by molar-refractivity contribution is 5.74. The third-order valence-electron chi connectivity index (χ3n) is 4.08. The van der Waals surface area contributed by atoms with Gasteiger partial charge in [-0.3, -0.25) is 9.69 Å². The molecule has 0 N–H and O–H groups in total. The SMILES string of the molecule is CCOCCCCCCN1CC(C)N(C(C)=O)C(C)C1. The van der Waals surface area contributed by atoms with E-state index in [1.807, 2.05) is 11.8 Å². The zero-order chi connectivity index (χ0) is 15.0. The summed E-state index contributed by atoms with van der Waals surface area (Å²) in [6.45, 7) is 13.0. The van der Waals surface area contributed by atoms with E-state index in [1.165, 1.54) is 25.7 Å². The molecule has 0 aromatic heterocycles. The predicted octanol–water partition coefficient (Wildman–Crippen LogP) is 2.52. The standard InChI is InChI=1S/C16H32N2O2/c1-5-20-11-9-7-6-8-10-17-12-14(2)18(16(4)19)15(3)13-17/h14-15H,5-13H2,1-4H3. The summed E-state index contributed by atoms with van der Waals surface area (Å²) in [5.74, 6) is 0.209. The molecule has 1 heterocycles. The summed E-state index contributed by atoms with van der Waals surface area (Å²) < 4.78 is 5.34. The van der Waals surface area contributed by atoms with Crippen LogP contribution in [0.5, 0.6) is 0 Å². The van der Waals surface area contributed by atoms with Crippen LogP contribution in [0.15, 0.2) is 0 Å². The van der Waals surface area contributed by atoms with Crippen molar-refractivity contribution >= 4 is 5.91 Å². The summed E-state index contributed by atoms with van der Waals surface area (Å²) in [6, 6.07) is 0.684. The lowest BCUT2D eigenvalue weighted by Crippen LogP contribution is -2.58. The van der Waals surface area contributed by atoms with Gasteiger partial charge >= 0.3 is 0 Å². The molecule has 0 spiro atoms. The van der Waals surface area contributed by atoms with Crippen molar-refractivity contribution < 1.29 is 9.53 Å². The molecular weight excluding hydrogens is 252 g/mol. The predicted molar refractivity (Wildman–Crippen MR) is 82.8 cm³/mol. The van der Waals surface area contributed by atoms with Gasteiger partial charge < -0.3 is 9.64 Å². The highest BCUT2D eigenvalue weighted by atomic mass is 16.5. The number of ether oxygens (including phenoxy) is 1. The monoisotopic (exact) mass is 284 g/mol. The first-order valence-electron chi connectivity index (χ1n) is 8.15. The van der Waals surface area contributed by atoms with Crippen LogP contribution in [0.1, 0.15) is 53.4 Å². The van der Waals surface area contributed by atoms with E-state index in [0.717, 1.165) is 32.8 Å². The van der Waals surface area contributed by atoms with Gasteiger partial charge in [-0.05, 0) is 40.2 Å². The van der Waals surface area contributed by atoms with Crippen molar-refractivity contribution in [2.45, 2.75) is 65.5 Å². The van der Waals surface area contributed by atoms with Crippen molar-refractivity contribution in [2.75, 3.05) is 32.8 Å². The van der Waals surface area contributed by atoms with Crippen LogP contribution in [-0.2, 0) is 9.53 Å². The molecule has 20 heavy (non-hydrogen) atoms. The molecule has 1 aliphatic rings. The molecule has 0 aliphatic carbocycles. The van der Waals surface area contributed by atoms with E-state index >= 15 is 0 Å². The van der Waals surface area contributed by atoms with Crippen LogP contribution in [0.2, 0.25) is 0 Å². The van der Waals surface area contributed by atoms with Gasteiger partial charge in [-0.1, -0.05) is 12.8 Å². The van der Waals surface area contributed by atoms with Gasteiger partial charge in [0.15, 0.2) is 0 Å². The normalized spacial score (nSPS) is 24.1. The molecule has 1 saturated heterocycles. The van der Waals surface area contributed by atoms with Gasteiger partial charge in [-0.25, -0.2) is 0 Å². The fraction of sp³-hybridized carbons (Fsp3) is 0.938. The molecule has 1 amide bonds. The molecule has 4 nitrogen and oxygen atoms in total. The van der Waals surface area contributed by atoms with Crippen LogP contribution in [-0.4, -0.2) is 60.6 Å². The second-order valence-electron chi connectivity index (χ2n) is 6.00. The molecule has 4 heteroatoms. The number of rotatable bonds is 8. The molecule has 1 aliphatic heterocycles. The zero-order valence-electron chi connectivity index (χ0n) is 13.7. The van der Waals surface area contributed by atoms with Crippen molar-refractivity contribution in [1.82, 2.24) is 9.80 Å². The lowest BCUT2D eigenvalue weighted by atomic mass is 10.1. The molecule has 0 aromatic carbocycles. The molecule has 0 aromatic rings. The molecule has 2 unspecified atom stereocenters. The van der Waals surface area contributed by atoms with Gasteiger partial charge in [-0.2, -0.15) is 0 Å². The van der Waals surface area contributed by atoms with Crippen molar-refractivity contribution in [3.05, 3.63) is 0 Å². The lowest BCUT2D eigenvalue weighted by Gasteiger charge is -2.44. The van der Waals surface area contributed by atoms with E-state index in [1.54, 1.807) is 6.92 Å². The third kappa shape index (κ3) is 5.80. The fourth-order valence-corrected chi connectivity index (χ4v) is 3.27. The first kappa shape index (κ1) is 17.4. The molecule has 1 fully saturated rings. The molecular formula is C16H32N2O2.